The maximum atomic E-state index is 12.2. The highest BCUT2D eigenvalue weighted by molar-refractivity contribution is 5.94. The summed E-state index contributed by atoms with van der Waals surface area (Å²) in [5.41, 5.74) is 0.300. The Morgan fingerprint density at radius 3 is 2.91 bits per heavy atom. The van der Waals surface area contributed by atoms with Crippen LogP contribution in [0.2, 0.25) is 0 Å². The van der Waals surface area contributed by atoms with Crippen molar-refractivity contribution in [2.75, 3.05) is 20.1 Å². The van der Waals surface area contributed by atoms with Crippen molar-refractivity contribution in [2.24, 2.45) is 0 Å². The molecule has 0 radical (unpaired) electrons. The Kier molecular flexibility index (Phi) is 5.81. The Hall–Kier alpha value is -1.83. The number of hydrogen-bond acceptors (Lipinski definition) is 3. The van der Waals surface area contributed by atoms with Crippen LogP contribution in [0.25, 0.3) is 0 Å². The summed E-state index contributed by atoms with van der Waals surface area (Å²) < 4.78 is 0. The molecule has 1 amide bonds. The largest absolute Gasteiger partial charge is 0.378 e. The van der Waals surface area contributed by atoms with Gasteiger partial charge in [-0.15, -0.1) is 0 Å². The normalized spacial score (nSPS) is 18.3. The minimum absolute atomic E-state index is 0.0717. The first kappa shape index (κ1) is 17.5. The van der Waals surface area contributed by atoms with Gasteiger partial charge in [0.15, 0.2) is 0 Å². The van der Waals surface area contributed by atoms with Crippen LogP contribution in [0.1, 0.15) is 49.0 Å². The molecule has 4 nitrogen and oxygen atoms in total. The summed E-state index contributed by atoms with van der Waals surface area (Å²) in [6, 6.07) is 7.78. The number of hydrogen-bond donors (Lipinski definition) is 2. The fourth-order valence-corrected chi connectivity index (χ4v) is 2.76. The molecule has 1 saturated heterocycles. The summed E-state index contributed by atoms with van der Waals surface area (Å²) in [5, 5.41) is 12.6. The monoisotopic (exact) mass is 314 g/mol. The van der Waals surface area contributed by atoms with E-state index >= 15 is 0 Å². The Labute approximate surface area is 138 Å². The van der Waals surface area contributed by atoms with Gasteiger partial charge in [-0.25, -0.2) is 0 Å². The van der Waals surface area contributed by atoms with Crippen LogP contribution in [-0.2, 0) is 0 Å². The van der Waals surface area contributed by atoms with Crippen molar-refractivity contribution in [1.82, 2.24) is 10.2 Å². The van der Waals surface area contributed by atoms with Gasteiger partial charge in [0, 0.05) is 23.7 Å². The highest BCUT2D eigenvalue weighted by Crippen LogP contribution is 2.17. The number of benzene rings is 1. The fraction of sp³-hybridized carbons (Fsp3) is 0.526. The van der Waals surface area contributed by atoms with Crippen molar-refractivity contribution in [3.63, 3.8) is 0 Å². The summed E-state index contributed by atoms with van der Waals surface area (Å²) in [7, 11) is 2.14. The molecule has 1 aliphatic heterocycles. The first-order valence-electron chi connectivity index (χ1n) is 8.19. The third-order valence-corrected chi connectivity index (χ3v) is 4.07. The molecule has 1 fully saturated rings. The van der Waals surface area contributed by atoms with Crippen LogP contribution in [0, 0.1) is 11.8 Å². The van der Waals surface area contributed by atoms with E-state index in [2.05, 4.69) is 29.1 Å². The summed E-state index contributed by atoms with van der Waals surface area (Å²) in [6.07, 6.45) is 3.45. The van der Waals surface area contributed by atoms with Crippen molar-refractivity contribution >= 4 is 5.91 Å². The standard InChI is InChI=1S/C19H26N2O2/c1-19(2,23)11-9-15-6-4-7-16(14-15)18(22)20-12-10-17-8-5-13-21(17)3/h4,6-7,14,17,23H,5,8,10,12-13H2,1-3H3,(H,20,22). The van der Waals surface area contributed by atoms with E-state index in [0.717, 1.165) is 18.5 Å². The van der Waals surface area contributed by atoms with Crippen LogP contribution in [-0.4, -0.2) is 47.7 Å². The maximum absolute atomic E-state index is 12.2. The Morgan fingerprint density at radius 1 is 1.48 bits per heavy atom. The lowest BCUT2D eigenvalue weighted by molar-refractivity contribution is 0.0950. The molecule has 1 aromatic carbocycles. The van der Waals surface area contributed by atoms with E-state index < -0.39 is 5.60 Å². The van der Waals surface area contributed by atoms with Gasteiger partial charge < -0.3 is 15.3 Å². The van der Waals surface area contributed by atoms with E-state index in [1.807, 2.05) is 12.1 Å². The summed E-state index contributed by atoms with van der Waals surface area (Å²) in [6.45, 7) is 5.11. The minimum atomic E-state index is -1.04. The number of nitrogens with zero attached hydrogens (tertiary/aromatic N) is 1. The molecular weight excluding hydrogens is 288 g/mol. The molecule has 1 aromatic rings. The molecular formula is C19H26N2O2. The number of likely N-dealkylation sites (tertiary alicyclic amines) is 1. The van der Waals surface area contributed by atoms with Crippen LogP contribution in [0.4, 0.5) is 0 Å². The SMILES string of the molecule is CN1CCCC1CCNC(=O)c1cccc(C#CC(C)(C)O)c1. The fourth-order valence-electron chi connectivity index (χ4n) is 2.76. The van der Waals surface area contributed by atoms with Crippen LogP contribution in [0.15, 0.2) is 24.3 Å². The molecule has 2 rings (SSSR count). The summed E-state index contributed by atoms with van der Waals surface area (Å²) in [4.78, 5) is 14.6. The first-order chi connectivity index (χ1) is 10.8. The Bertz CT molecular complexity index is 608. The van der Waals surface area contributed by atoms with Gasteiger partial charge in [0.25, 0.3) is 5.91 Å². The molecule has 1 atom stereocenters. The van der Waals surface area contributed by atoms with Crippen molar-refractivity contribution < 1.29 is 9.90 Å². The zero-order chi connectivity index (χ0) is 16.9. The highest BCUT2D eigenvalue weighted by Gasteiger charge is 2.20. The molecule has 1 aliphatic rings. The van der Waals surface area contributed by atoms with E-state index in [1.165, 1.54) is 12.8 Å². The van der Waals surface area contributed by atoms with Crippen LogP contribution >= 0.6 is 0 Å². The summed E-state index contributed by atoms with van der Waals surface area (Å²) >= 11 is 0. The molecule has 1 heterocycles. The van der Waals surface area contributed by atoms with Crippen molar-refractivity contribution in [2.45, 2.75) is 44.8 Å². The molecule has 0 bridgehead atoms. The van der Waals surface area contributed by atoms with Crippen LogP contribution in [0.5, 0.6) is 0 Å². The van der Waals surface area contributed by atoms with Crippen molar-refractivity contribution in [3.8, 4) is 11.8 Å². The zero-order valence-electron chi connectivity index (χ0n) is 14.2. The second-order valence-corrected chi connectivity index (χ2v) is 6.71. The molecule has 23 heavy (non-hydrogen) atoms. The van der Waals surface area contributed by atoms with Crippen LogP contribution < -0.4 is 5.32 Å². The minimum Gasteiger partial charge on any atom is -0.378 e. The molecule has 0 saturated carbocycles. The van der Waals surface area contributed by atoms with Crippen LogP contribution in [0.3, 0.4) is 0 Å². The van der Waals surface area contributed by atoms with Gasteiger partial charge in [-0.1, -0.05) is 17.9 Å². The van der Waals surface area contributed by atoms with Gasteiger partial charge in [-0.2, -0.15) is 0 Å². The maximum Gasteiger partial charge on any atom is 0.251 e. The van der Waals surface area contributed by atoms with E-state index in [4.69, 9.17) is 0 Å². The second-order valence-electron chi connectivity index (χ2n) is 6.71. The van der Waals surface area contributed by atoms with E-state index in [1.54, 1.807) is 26.0 Å². The number of carbonyl (C=O) groups is 1. The molecule has 0 spiro atoms. The lowest BCUT2D eigenvalue weighted by atomic mass is 10.1. The average molecular weight is 314 g/mol. The van der Waals surface area contributed by atoms with Gasteiger partial charge in [0.1, 0.15) is 5.60 Å². The van der Waals surface area contributed by atoms with E-state index in [0.29, 0.717) is 18.2 Å². The Balaban J connectivity index is 1.90. The second kappa shape index (κ2) is 7.63. The number of amides is 1. The number of rotatable bonds is 4. The first-order valence-corrected chi connectivity index (χ1v) is 8.19. The Morgan fingerprint density at radius 2 is 2.26 bits per heavy atom. The molecule has 0 aromatic heterocycles. The zero-order valence-corrected chi connectivity index (χ0v) is 14.2. The number of carbonyl (C=O) groups excluding carboxylic acids is 1. The molecule has 0 aliphatic carbocycles. The van der Waals surface area contributed by atoms with Gasteiger partial charge in [0.05, 0.1) is 0 Å². The quantitative estimate of drug-likeness (QED) is 0.836. The van der Waals surface area contributed by atoms with Gasteiger partial charge >= 0.3 is 0 Å². The predicted octanol–water partition coefficient (Wildman–Crippen LogP) is 2.02. The molecule has 1 unspecified atom stereocenters. The van der Waals surface area contributed by atoms with Gasteiger partial charge in [0.2, 0.25) is 0 Å². The molecule has 124 valence electrons. The van der Waals surface area contributed by atoms with E-state index in [-0.39, 0.29) is 5.91 Å². The average Bonchev–Trinajstić information content (AvgIpc) is 2.90. The van der Waals surface area contributed by atoms with Crippen molar-refractivity contribution in [3.05, 3.63) is 35.4 Å². The predicted molar refractivity (Wildman–Crippen MR) is 92.2 cm³/mol. The lowest BCUT2D eigenvalue weighted by Gasteiger charge is -2.19. The van der Waals surface area contributed by atoms with Gasteiger partial charge in [-0.05, 0) is 64.9 Å². The van der Waals surface area contributed by atoms with Crippen molar-refractivity contribution in [1.29, 1.82) is 0 Å². The smallest absolute Gasteiger partial charge is 0.251 e. The highest BCUT2D eigenvalue weighted by atomic mass is 16.3. The van der Waals surface area contributed by atoms with Gasteiger partial charge in [-0.3, -0.25) is 4.79 Å². The third-order valence-electron chi connectivity index (χ3n) is 4.07. The lowest BCUT2D eigenvalue weighted by Crippen LogP contribution is -2.31. The molecule has 2 N–H and O–H groups in total. The third kappa shape index (κ3) is 5.70. The topological polar surface area (TPSA) is 52.6 Å². The number of nitrogens with one attached hydrogen (secondary N) is 1. The molecule has 4 heteroatoms. The summed E-state index contributed by atoms with van der Waals surface area (Å²) in [5.74, 6) is 5.59. The van der Waals surface area contributed by atoms with E-state index in [9.17, 15) is 9.90 Å². The number of aliphatic hydroxyl groups is 1.